The molecule has 0 unspecified atom stereocenters. The first kappa shape index (κ1) is 18.2. The Morgan fingerprint density at radius 1 is 0.957 bits per heavy atom. The van der Waals surface area contributed by atoms with Gasteiger partial charge in [-0.2, -0.15) is 13.2 Å². The first-order chi connectivity index (χ1) is 10.7. The summed E-state index contributed by atoms with van der Waals surface area (Å²) in [5, 5.41) is 7.12. The van der Waals surface area contributed by atoms with Crippen molar-refractivity contribution in [1.82, 2.24) is 0 Å². The van der Waals surface area contributed by atoms with Gasteiger partial charge in [-0.25, -0.2) is 4.79 Å². The largest absolute Gasteiger partial charge is 0.490 e. The van der Waals surface area contributed by atoms with E-state index in [2.05, 4.69) is 0 Å². The number of alkyl halides is 3. The first-order valence-electron chi connectivity index (χ1n) is 6.43. The van der Waals surface area contributed by atoms with Gasteiger partial charge in [0.25, 0.3) is 0 Å². The van der Waals surface area contributed by atoms with Crippen LogP contribution in [-0.2, 0) is 16.0 Å². The van der Waals surface area contributed by atoms with E-state index in [1.807, 2.05) is 54.6 Å². The predicted octanol–water partition coefficient (Wildman–Crippen LogP) is 3.01. The van der Waals surface area contributed by atoms with Crippen LogP contribution in [0.25, 0.3) is 11.1 Å². The molecule has 0 bridgehead atoms. The summed E-state index contributed by atoms with van der Waals surface area (Å²) in [5.74, 6) is -3.06. The molecule has 2 aromatic rings. The van der Waals surface area contributed by atoms with E-state index >= 15 is 0 Å². The van der Waals surface area contributed by atoms with Gasteiger partial charge in [0, 0.05) is 0 Å². The smallest absolute Gasteiger partial charge is 0.475 e. The maximum atomic E-state index is 11.0. The molecule has 0 heterocycles. The minimum Gasteiger partial charge on any atom is -0.475 e. The highest BCUT2D eigenvalue weighted by molar-refractivity contribution is 5.80. The summed E-state index contributed by atoms with van der Waals surface area (Å²) in [4.78, 5) is 19.9. The van der Waals surface area contributed by atoms with E-state index in [4.69, 9.17) is 15.6 Å². The fourth-order valence-electron chi connectivity index (χ4n) is 1.76. The van der Waals surface area contributed by atoms with E-state index in [1.54, 1.807) is 0 Å². The minimum atomic E-state index is -5.08. The molecule has 2 aromatic carbocycles. The topological polar surface area (TPSA) is 80.4 Å². The maximum absolute atomic E-state index is 11.0. The Kier molecular flexibility index (Phi) is 6.32. The standard InChI is InChI=1S/C14H13NO.C2HF3O2/c15-14(16)10-12-8-4-5-9-13(12)11-6-2-1-3-7-11;3-2(4,5)1(6)7/h1-9H,10H2,(H2,15,16);(H,6,7). The van der Waals surface area contributed by atoms with E-state index in [1.165, 1.54) is 0 Å². The van der Waals surface area contributed by atoms with E-state index in [-0.39, 0.29) is 12.3 Å². The third kappa shape index (κ3) is 6.21. The molecule has 0 atom stereocenters. The molecule has 0 spiro atoms. The van der Waals surface area contributed by atoms with Crippen molar-refractivity contribution in [2.75, 3.05) is 0 Å². The fourth-order valence-corrected chi connectivity index (χ4v) is 1.76. The second-order valence-electron chi connectivity index (χ2n) is 4.47. The van der Waals surface area contributed by atoms with Crippen molar-refractivity contribution >= 4 is 11.9 Å². The molecule has 0 fully saturated rings. The molecular weight excluding hydrogens is 311 g/mol. The number of carbonyl (C=O) groups is 2. The van der Waals surface area contributed by atoms with Crippen LogP contribution >= 0.6 is 0 Å². The summed E-state index contributed by atoms with van der Waals surface area (Å²) in [7, 11) is 0. The number of halogens is 3. The Labute approximate surface area is 130 Å². The fraction of sp³-hybridized carbons (Fsp3) is 0.125. The van der Waals surface area contributed by atoms with Crippen LogP contribution in [0, 0.1) is 0 Å². The van der Waals surface area contributed by atoms with Gasteiger partial charge < -0.3 is 10.8 Å². The monoisotopic (exact) mass is 325 g/mol. The number of carbonyl (C=O) groups excluding carboxylic acids is 1. The van der Waals surface area contributed by atoms with Gasteiger partial charge in [0.2, 0.25) is 5.91 Å². The van der Waals surface area contributed by atoms with Crippen LogP contribution in [0.4, 0.5) is 13.2 Å². The Morgan fingerprint density at radius 3 is 1.91 bits per heavy atom. The van der Waals surface area contributed by atoms with Crippen molar-refractivity contribution in [1.29, 1.82) is 0 Å². The van der Waals surface area contributed by atoms with Gasteiger partial charge in [0.15, 0.2) is 0 Å². The molecule has 0 aliphatic heterocycles. The van der Waals surface area contributed by atoms with Crippen LogP contribution in [0.15, 0.2) is 54.6 Å². The van der Waals surface area contributed by atoms with E-state index < -0.39 is 12.1 Å². The quantitative estimate of drug-likeness (QED) is 0.910. The lowest BCUT2D eigenvalue weighted by atomic mass is 9.98. The molecule has 3 N–H and O–H groups in total. The zero-order chi connectivity index (χ0) is 17.5. The molecule has 0 radical (unpaired) electrons. The van der Waals surface area contributed by atoms with Gasteiger partial charge in [-0.1, -0.05) is 54.6 Å². The molecule has 23 heavy (non-hydrogen) atoms. The Hall–Kier alpha value is -2.83. The normalized spacial score (nSPS) is 10.4. The van der Waals surface area contributed by atoms with Crippen LogP contribution in [0.5, 0.6) is 0 Å². The number of nitrogens with two attached hydrogens (primary N) is 1. The molecule has 122 valence electrons. The number of hydrogen-bond donors (Lipinski definition) is 2. The number of carboxylic acid groups (broad SMARTS) is 1. The number of primary amides is 1. The van der Waals surface area contributed by atoms with Crippen molar-refractivity contribution in [2.45, 2.75) is 12.6 Å². The van der Waals surface area contributed by atoms with Crippen molar-refractivity contribution in [3.05, 3.63) is 60.2 Å². The van der Waals surface area contributed by atoms with Gasteiger partial charge in [0.05, 0.1) is 6.42 Å². The molecule has 1 amide bonds. The predicted molar refractivity (Wildman–Crippen MR) is 78.5 cm³/mol. The van der Waals surface area contributed by atoms with Crippen LogP contribution in [0.2, 0.25) is 0 Å². The molecule has 2 rings (SSSR count). The number of carboxylic acids is 1. The van der Waals surface area contributed by atoms with Crippen LogP contribution in [0.1, 0.15) is 5.56 Å². The van der Waals surface area contributed by atoms with Crippen LogP contribution in [-0.4, -0.2) is 23.2 Å². The highest BCUT2D eigenvalue weighted by Crippen LogP contribution is 2.23. The summed E-state index contributed by atoms with van der Waals surface area (Å²) in [5.41, 5.74) is 8.39. The molecule has 0 aromatic heterocycles. The molecule has 0 aliphatic rings. The van der Waals surface area contributed by atoms with Crippen molar-refractivity contribution in [3.8, 4) is 11.1 Å². The molecule has 7 heteroatoms. The second kappa shape index (κ2) is 7.98. The number of hydrogen-bond acceptors (Lipinski definition) is 2. The summed E-state index contributed by atoms with van der Waals surface area (Å²) in [6.07, 6.45) is -4.80. The number of amides is 1. The van der Waals surface area contributed by atoms with Gasteiger partial charge in [0.1, 0.15) is 0 Å². The van der Waals surface area contributed by atoms with Gasteiger partial charge in [-0.3, -0.25) is 4.79 Å². The molecule has 0 saturated heterocycles. The summed E-state index contributed by atoms with van der Waals surface area (Å²) < 4.78 is 31.7. The first-order valence-corrected chi connectivity index (χ1v) is 6.43. The SMILES string of the molecule is NC(=O)Cc1ccccc1-c1ccccc1.O=C(O)C(F)(F)F. The Balaban J connectivity index is 0.000000322. The van der Waals surface area contributed by atoms with Gasteiger partial charge in [-0.15, -0.1) is 0 Å². The van der Waals surface area contributed by atoms with Gasteiger partial charge >= 0.3 is 12.1 Å². The lowest BCUT2D eigenvalue weighted by Gasteiger charge is -2.07. The molecule has 4 nitrogen and oxygen atoms in total. The maximum Gasteiger partial charge on any atom is 0.490 e. The second-order valence-corrected chi connectivity index (χ2v) is 4.47. The van der Waals surface area contributed by atoms with Crippen molar-refractivity contribution in [3.63, 3.8) is 0 Å². The lowest BCUT2D eigenvalue weighted by Crippen LogP contribution is -2.21. The molecular formula is C16H14F3NO3. The highest BCUT2D eigenvalue weighted by atomic mass is 19.4. The summed E-state index contributed by atoms with van der Waals surface area (Å²) >= 11 is 0. The van der Waals surface area contributed by atoms with Crippen molar-refractivity contribution < 1.29 is 27.9 Å². The molecule has 0 saturated carbocycles. The zero-order valence-corrected chi connectivity index (χ0v) is 11.9. The average Bonchev–Trinajstić information content (AvgIpc) is 2.48. The van der Waals surface area contributed by atoms with E-state index in [9.17, 15) is 18.0 Å². The Morgan fingerprint density at radius 2 is 1.43 bits per heavy atom. The average molecular weight is 325 g/mol. The van der Waals surface area contributed by atoms with Crippen molar-refractivity contribution in [2.24, 2.45) is 5.73 Å². The van der Waals surface area contributed by atoms with Crippen LogP contribution in [0.3, 0.4) is 0 Å². The zero-order valence-electron chi connectivity index (χ0n) is 11.9. The summed E-state index contributed by atoms with van der Waals surface area (Å²) in [6, 6.07) is 17.8. The number of benzene rings is 2. The number of rotatable bonds is 3. The third-order valence-corrected chi connectivity index (χ3v) is 2.71. The minimum absolute atomic E-state index is 0.283. The van der Waals surface area contributed by atoms with Crippen LogP contribution < -0.4 is 5.73 Å². The van der Waals surface area contributed by atoms with E-state index in [0.29, 0.717) is 0 Å². The summed E-state index contributed by atoms with van der Waals surface area (Å²) in [6.45, 7) is 0. The third-order valence-electron chi connectivity index (χ3n) is 2.71. The number of aliphatic carboxylic acids is 1. The molecule has 0 aliphatic carbocycles. The lowest BCUT2D eigenvalue weighted by molar-refractivity contribution is -0.192. The van der Waals surface area contributed by atoms with E-state index in [0.717, 1.165) is 16.7 Å². The van der Waals surface area contributed by atoms with Gasteiger partial charge in [-0.05, 0) is 16.7 Å². The Bertz CT molecular complexity index is 670. The highest BCUT2D eigenvalue weighted by Gasteiger charge is 2.38.